The second-order valence-electron chi connectivity index (χ2n) is 4.32. The van der Waals surface area contributed by atoms with Crippen molar-refractivity contribution in [1.82, 2.24) is 5.43 Å². The fourth-order valence-corrected chi connectivity index (χ4v) is 1.85. The Morgan fingerprint density at radius 2 is 2.05 bits per heavy atom. The van der Waals surface area contributed by atoms with Crippen LogP contribution in [-0.2, 0) is 0 Å². The first-order valence-corrected chi connectivity index (χ1v) is 6.21. The van der Waals surface area contributed by atoms with Crippen LogP contribution >= 0.6 is 0 Å². The maximum absolute atomic E-state index is 13.0. The molecule has 2 aromatic rings. The number of carbonyl (C=O) groups excluding carboxylic acids is 1. The average Bonchev–Trinajstić information content (AvgIpc) is 2.94. The highest BCUT2D eigenvalue weighted by atomic mass is 19.1. The monoisotopic (exact) mass is 286 g/mol. The zero-order chi connectivity index (χ0) is 14.7. The molecule has 0 saturated heterocycles. The Hall–Kier alpha value is -2.89. The van der Waals surface area contributed by atoms with Gasteiger partial charge in [-0.3, -0.25) is 4.79 Å². The molecule has 0 unspecified atom stereocenters. The van der Waals surface area contributed by atoms with Gasteiger partial charge in [0.25, 0.3) is 5.91 Å². The molecule has 5 nitrogen and oxygen atoms in total. The predicted molar refractivity (Wildman–Crippen MR) is 74.0 cm³/mol. The van der Waals surface area contributed by atoms with Gasteiger partial charge in [-0.1, -0.05) is 12.1 Å². The molecule has 2 aromatic carbocycles. The quantitative estimate of drug-likeness (QED) is 0.696. The third-order valence-corrected chi connectivity index (χ3v) is 2.86. The maximum Gasteiger partial charge on any atom is 0.271 e. The van der Waals surface area contributed by atoms with Crippen LogP contribution in [-0.4, -0.2) is 18.9 Å². The minimum atomic E-state index is -0.388. The van der Waals surface area contributed by atoms with Crippen LogP contribution in [0.2, 0.25) is 0 Å². The first-order valence-electron chi connectivity index (χ1n) is 6.21. The van der Waals surface area contributed by atoms with Gasteiger partial charge in [-0.15, -0.1) is 0 Å². The Balaban J connectivity index is 1.66. The molecule has 0 spiro atoms. The SMILES string of the molecule is O=C(NN=Cc1cccc(F)c1)c1ccc2c(c1)OCO2. The van der Waals surface area contributed by atoms with Crippen LogP contribution in [0.25, 0.3) is 0 Å². The van der Waals surface area contributed by atoms with Crippen molar-refractivity contribution in [3.05, 3.63) is 59.4 Å². The summed E-state index contributed by atoms with van der Waals surface area (Å²) in [5, 5.41) is 3.79. The molecule has 1 N–H and O–H groups in total. The van der Waals surface area contributed by atoms with Gasteiger partial charge in [-0.05, 0) is 35.9 Å². The number of amides is 1. The molecule has 21 heavy (non-hydrogen) atoms. The first-order chi connectivity index (χ1) is 10.2. The number of nitrogens with zero attached hydrogens (tertiary/aromatic N) is 1. The minimum absolute atomic E-state index is 0.151. The van der Waals surface area contributed by atoms with E-state index in [1.807, 2.05) is 0 Å². The van der Waals surface area contributed by atoms with Crippen molar-refractivity contribution in [2.45, 2.75) is 0 Å². The van der Waals surface area contributed by atoms with Gasteiger partial charge in [-0.2, -0.15) is 5.10 Å². The predicted octanol–water partition coefficient (Wildman–Crippen LogP) is 2.32. The Kier molecular flexibility index (Phi) is 3.51. The van der Waals surface area contributed by atoms with Gasteiger partial charge in [0.1, 0.15) is 5.82 Å². The molecule has 6 heteroatoms. The summed E-state index contributed by atoms with van der Waals surface area (Å²) in [4.78, 5) is 11.9. The van der Waals surface area contributed by atoms with Crippen molar-refractivity contribution in [3.8, 4) is 11.5 Å². The number of hydrogen-bond donors (Lipinski definition) is 1. The van der Waals surface area contributed by atoms with Gasteiger partial charge in [-0.25, -0.2) is 9.82 Å². The molecule has 0 aliphatic carbocycles. The average molecular weight is 286 g/mol. The third kappa shape index (κ3) is 3.00. The number of benzene rings is 2. The molecule has 0 atom stereocenters. The van der Waals surface area contributed by atoms with E-state index in [1.54, 1.807) is 30.3 Å². The molecule has 1 aliphatic rings. The van der Waals surface area contributed by atoms with Gasteiger partial charge < -0.3 is 9.47 Å². The van der Waals surface area contributed by atoms with Crippen LogP contribution in [0, 0.1) is 5.82 Å². The van der Waals surface area contributed by atoms with E-state index >= 15 is 0 Å². The van der Waals surface area contributed by atoms with Crippen LogP contribution in [0.4, 0.5) is 4.39 Å². The molecular weight excluding hydrogens is 275 g/mol. The number of halogens is 1. The zero-order valence-corrected chi connectivity index (χ0v) is 10.9. The summed E-state index contributed by atoms with van der Waals surface area (Å²) in [5.74, 6) is 0.383. The van der Waals surface area contributed by atoms with Crippen molar-refractivity contribution >= 4 is 12.1 Å². The molecular formula is C15H11FN2O3. The minimum Gasteiger partial charge on any atom is -0.454 e. The summed E-state index contributed by atoms with van der Waals surface area (Å²) >= 11 is 0. The standard InChI is InChI=1S/C15H11FN2O3/c16-12-3-1-2-10(6-12)8-17-18-15(19)11-4-5-13-14(7-11)21-9-20-13/h1-8H,9H2,(H,18,19). The molecule has 0 radical (unpaired) electrons. The fraction of sp³-hybridized carbons (Fsp3) is 0.0667. The maximum atomic E-state index is 13.0. The van der Waals surface area contributed by atoms with Crippen LogP contribution in [0.3, 0.4) is 0 Å². The molecule has 0 saturated carbocycles. The van der Waals surface area contributed by atoms with Crippen molar-refractivity contribution in [2.24, 2.45) is 5.10 Å². The smallest absolute Gasteiger partial charge is 0.271 e. The largest absolute Gasteiger partial charge is 0.454 e. The first kappa shape index (κ1) is 13.1. The lowest BCUT2D eigenvalue weighted by Crippen LogP contribution is -2.17. The Bertz CT molecular complexity index is 716. The second kappa shape index (κ2) is 5.62. The highest BCUT2D eigenvalue weighted by molar-refractivity contribution is 5.95. The van der Waals surface area contributed by atoms with E-state index in [-0.39, 0.29) is 18.5 Å². The van der Waals surface area contributed by atoms with E-state index in [2.05, 4.69) is 10.5 Å². The van der Waals surface area contributed by atoms with Crippen molar-refractivity contribution in [3.63, 3.8) is 0 Å². The van der Waals surface area contributed by atoms with Crippen LogP contribution in [0.5, 0.6) is 11.5 Å². The van der Waals surface area contributed by atoms with Crippen molar-refractivity contribution in [2.75, 3.05) is 6.79 Å². The molecule has 1 aliphatic heterocycles. The summed E-state index contributed by atoms with van der Waals surface area (Å²) in [6.07, 6.45) is 1.37. The van der Waals surface area contributed by atoms with Gasteiger partial charge in [0.15, 0.2) is 11.5 Å². The Labute approximate surface area is 120 Å². The molecule has 0 aromatic heterocycles. The molecule has 0 bridgehead atoms. The number of fused-ring (bicyclic) bond motifs is 1. The lowest BCUT2D eigenvalue weighted by Gasteiger charge is -2.01. The number of rotatable bonds is 3. The van der Waals surface area contributed by atoms with Gasteiger partial charge in [0.2, 0.25) is 6.79 Å². The van der Waals surface area contributed by atoms with E-state index in [0.717, 1.165) is 0 Å². The normalized spacial score (nSPS) is 12.6. The van der Waals surface area contributed by atoms with Gasteiger partial charge in [0.05, 0.1) is 6.21 Å². The molecule has 106 valence electrons. The second-order valence-corrected chi connectivity index (χ2v) is 4.32. The number of hydrogen-bond acceptors (Lipinski definition) is 4. The Morgan fingerprint density at radius 3 is 2.90 bits per heavy atom. The van der Waals surface area contributed by atoms with E-state index in [1.165, 1.54) is 18.3 Å². The lowest BCUT2D eigenvalue weighted by atomic mass is 10.2. The highest BCUT2D eigenvalue weighted by Gasteiger charge is 2.15. The third-order valence-electron chi connectivity index (χ3n) is 2.86. The molecule has 1 heterocycles. The van der Waals surface area contributed by atoms with E-state index in [4.69, 9.17) is 9.47 Å². The number of carbonyl (C=O) groups is 1. The van der Waals surface area contributed by atoms with E-state index < -0.39 is 0 Å². The number of nitrogens with one attached hydrogen (secondary N) is 1. The summed E-state index contributed by atoms with van der Waals surface area (Å²) < 4.78 is 23.3. The summed E-state index contributed by atoms with van der Waals surface area (Å²) in [6.45, 7) is 0.151. The number of ether oxygens (including phenoxy) is 2. The number of hydrazone groups is 1. The van der Waals surface area contributed by atoms with Gasteiger partial charge in [0, 0.05) is 5.56 Å². The fourth-order valence-electron chi connectivity index (χ4n) is 1.85. The van der Waals surface area contributed by atoms with Crippen LogP contribution in [0.15, 0.2) is 47.6 Å². The molecule has 1 amide bonds. The van der Waals surface area contributed by atoms with E-state index in [0.29, 0.717) is 22.6 Å². The topological polar surface area (TPSA) is 59.9 Å². The highest BCUT2D eigenvalue weighted by Crippen LogP contribution is 2.32. The van der Waals surface area contributed by atoms with E-state index in [9.17, 15) is 9.18 Å². The molecule has 3 rings (SSSR count). The Morgan fingerprint density at radius 1 is 1.19 bits per heavy atom. The summed E-state index contributed by atoms with van der Waals surface area (Å²) in [7, 11) is 0. The summed E-state index contributed by atoms with van der Waals surface area (Å²) in [6, 6.07) is 10.7. The summed E-state index contributed by atoms with van der Waals surface area (Å²) in [5.41, 5.74) is 3.32. The molecule has 0 fully saturated rings. The van der Waals surface area contributed by atoms with Gasteiger partial charge >= 0.3 is 0 Å². The lowest BCUT2D eigenvalue weighted by molar-refractivity contribution is 0.0954. The van der Waals surface area contributed by atoms with Crippen LogP contribution < -0.4 is 14.9 Å². The van der Waals surface area contributed by atoms with Crippen molar-refractivity contribution < 1.29 is 18.7 Å². The van der Waals surface area contributed by atoms with Crippen molar-refractivity contribution in [1.29, 1.82) is 0 Å². The zero-order valence-electron chi connectivity index (χ0n) is 10.9. The van der Waals surface area contributed by atoms with Crippen LogP contribution in [0.1, 0.15) is 15.9 Å².